The summed E-state index contributed by atoms with van der Waals surface area (Å²) in [5.41, 5.74) is 2.72. The average molecular weight is 486 g/mol. The van der Waals surface area contributed by atoms with Crippen molar-refractivity contribution in [3.63, 3.8) is 0 Å². The third-order valence-corrected chi connectivity index (χ3v) is 7.75. The van der Waals surface area contributed by atoms with Gasteiger partial charge in [0.15, 0.2) is 5.65 Å². The highest BCUT2D eigenvalue weighted by Gasteiger charge is 2.27. The zero-order valence-electron chi connectivity index (χ0n) is 20.3. The fourth-order valence-corrected chi connectivity index (χ4v) is 5.86. The Labute approximate surface area is 200 Å². The molecule has 3 aromatic rings. The van der Waals surface area contributed by atoms with Gasteiger partial charge in [-0.25, -0.2) is 13.4 Å². The second-order valence-electron chi connectivity index (χ2n) is 8.96. The summed E-state index contributed by atoms with van der Waals surface area (Å²) < 4.78 is 35.5. The summed E-state index contributed by atoms with van der Waals surface area (Å²) in [6.45, 7) is 8.40. The molecule has 2 aromatic heterocycles. The van der Waals surface area contributed by atoms with Gasteiger partial charge >= 0.3 is 0 Å². The van der Waals surface area contributed by atoms with Crippen molar-refractivity contribution in [1.82, 2.24) is 19.1 Å². The molecule has 9 nitrogen and oxygen atoms in total. The first-order valence-electron chi connectivity index (χ1n) is 11.5. The fourth-order valence-electron chi connectivity index (χ4n) is 4.32. The number of hydrogen-bond acceptors (Lipinski definition) is 6. The van der Waals surface area contributed by atoms with Crippen molar-refractivity contribution in [3.8, 4) is 5.75 Å². The van der Waals surface area contributed by atoms with Crippen LogP contribution in [0, 0.1) is 13.8 Å². The Bertz CT molecular complexity index is 1340. The lowest BCUT2D eigenvalue weighted by Gasteiger charge is -2.26. The second kappa shape index (κ2) is 9.34. The molecule has 3 heterocycles. The van der Waals surface area contributed by atoms with Gasteiger partial charge < -0.3 is 10.1 Å². The van der Waals surface area contributed by atoms with E-state index in [9.17, 15) is 13.2 Å². The minimum atomic E-state index is -3.67. The molecule has 0 aliphatic carbocycles. The van der Waals surface area contributed by atoms with Crippen molar-refractivity contribution >= 4 is 32.7 Å². The molecule has 0 unspecified atom stereocenters. The molecule has 1 N–H and O–H groups in total. The number of carbonyl (C=O) groups is 1. The number of carbonyl (C=O) groups excluding carboxylic acids is 1. The topological polar surface area (TPSA) is 106 Å². The lowest BCUT2D eigenvalue weighted by molar-refractivity contribution is 0.102. The maximum absolute atomic E-state index is 13.5. The van der Waals surface area contributed by atoms with Crippen LogP contribution in [0.15, 0.2) is 29.2 Å². The van der Waals surface area contributed by atoms with Crippen LogP contribution in [0.5, 0.6) is 5.75 Å². The molecule has 34 heavy (non-hydrogen) atoms. The van der Waals surface area contributed by atoms with Gasteiger partial charge in [0.05, 0.1) is 33.3 Å². The van der Waals surface area contributed by atoms with E-state index in [1.54, 1.807) is 23.9 Å². The largest absolute Gasteiger partial charge is 0.489 e. The maximum atomic E-state index is 13.5. The Balaban J connectivity index is 1.75. The smallest absolute Gasteiger partial charge is 0.256 e. The number of anilines is 1. The van der Waals surface area contributed by atoms with Gasteiger partial charge in [0.1, 0.15) is 5.75 Å². The van der Waals surface area contributed by atoms with Gasteiger partial charge in [-0.15, -0.1) is 0 Å². The SMILES string of the molecule is Cc1cc(C(=O)Nc2cc(S(=O)(=O)N3CCCCC3)ccc2OC(C)C)c2c(C)nn(C)c2n1. The highest BCUT2D eigenvalue weighted by atomic mass is 32.2. The first-order valence-corrected chi connectivity index (χ1v) is 12.9. The fraction of sp³-hybridized carbons (Fsp3) is 0.458. The number of sulfonamides is 1. The summed E-state index contributed by atoms with van der Waals surface area (Å²) in [7, 11) is -1.89. The quantitative estimate of drug-likeness (QED) is 0.569. The van der Waals surface area contributed by atoms with E-state index in [0.29, 0.717) is 52.5 Å². The van der Waals surface area contributed by atoms with Crippen LogP contribution in [0.3, 0.4) is 0 Å². The van der Waals surface area contributed by atoms with Crippen molar-refractivity contribution in [1.29, 1.82) is 0 Å². The van der Waals surface area contributed by atoms with Gasteiger partial charge in [-0.2, -0.15) is 9.40 Å². The molecule has 1 fully saturated rings. The van der Waals surface area contributed by atoms with E-state index in [4.69, 9.17) is 4.74 Å². The van der Waals surface area contributed by atoms with Crippen LogP contribution in [0.4, 0.5) is 5.69 Å². The third kappa shape index (κ3) is 4.65. The minimum absolute atomic E-state index is 0.134. The Morgan fingerprint density at radius 2 is 1.82 bits per heavy atom. The van der Waals surface area contributed by atoms with Gasteiger partial charge in [-0.3, -0.25) is 9.48 Å². The van der Waals surface area contributed by atoms with E-state index >= 15 is 0 Å². The Kier molecular flexibility index (Phi) is 6.64. The number of ether oxygens (including phenoxy) is 1. The predicted molar refractivity (Wildman–Crippen MR) is 131 cm³/mol. The molecular weight excluding hydrogens is 454 g/mol. The van der Waals surface area contributed by atoms with Crippen LogP contribution in [0.2, 0.25) is 0 Å². The molecule has 10 heteroatoms. The molecule has 4 rings (SSSR count). The van der Waals surface area contributed by atoms with Crippen molar-refractivity contribution in [2.24, 2.45) is 7.05 Å². The number of amides is 1. The van der Waals surface area contributed by atoms with Crippen LogP contribution < -0.4 is 10.1 Å². The number of nitrogens with one attached hydrogen (secondary N) is 1. The molecule has 0 bridgehead atoms. The molecule has 1 aromatic carbocycles. The summed E-state index contributed by atoms with van der Waals surface area (Å²) in [6.07, 6.45) is 2.57. The molecule has 1 aliphatic heterocycles. The molecule has 0 radical (unpaired) electrons. The Hall–Kier alpha value is -2.98. The van der Waals surface area contributed by atoms with Crippen LogP contribution in [0.25, 0.3) is 11.0 Å². The van der Waals surface area contributed by atoms with Crippen molar-refractivity contribution in [2.75, 3.05) is 18.4 Å². The lowest BCUT2D eigenvalue weighted by atomic mass is 10.1. The van der Waals surface area contributed by atoms with Crippen molar-refractivity contribution in [3.05, 3.63) is 41.2 Å². The minimum Gasteiger partial charge on any atom is -0.489 e. The number of hydrogen-bond donors (Lipinski definition) is 1. The number of aromatic nitrogens is 3. The number of fused-ring (bicyclic) bond motifs is 1. The van der Waals surface area contributed by atoms with Gasteiger partial charge in [-0.1, -0.05) is 6.42 Å². The monoisotopic (exact) mass is 485 g/mol. The number of nitrogens with zero attached hydrogens (tertiary/aromatic N) is 4. The summed E-state index contributed by atoms with van der Waals surface area (Å²) in [5.74, 6) is 0.0265. The van der Waals surface area contributed by atoms with Crippen LogP contribution in [-0.2, 0) is 17.1 Å². The molecule has 1 saturated heterocycles. The molecule has 182 valence electrons. The number of rotatable bonds is 6. The zero-order valence-corrected chi connectivity index (χ0v) is 21.1. The number of piperidine rings is 1. The summed E-state index contributed by atoms with van der Waals surface area (Å²) >= 11 is 0. The van der Waals surface area contributed by atoms with Crippen LogP contribution in [0.1, 0.15) is 54.9 Å². The highest BCUT2D eigenvalue weighted by Crippen LogP contribution is 2.32. The van der Waals surface area contributed by atoms with Crippen LogP contribution >= 0.6 is 0 Å². The van der Waals surface area contributed by atoms with E-state index in [1.807, 2.05) is 27.7 Å². The molecular formula is C24H31N5O4S. The summed E-state index contributed by atoms with van der Waals surface area (Å²) in [5, 5.41) is 7.95. The summed E-state index contributed by atoms with van der Waals surface area (Å²) in [4.78, 5) is 18.1. The first-order chi connectivity index (χ1) is 16.1. The molecule has 1 aliphatic rings. The van der Waals surface area contributed by atoms with E-state index in [0.717, 1.165) is 19.3 Å². The normalized spacial score (nSPS) is 15.1. The lowest BCUT2D eigenvalue weighted by Crippen LogP contribution is -2.35. The maximum Gasteiger partial charge on any atom is 0.256 e. The standard InChI is InChI=1S/C24H31N5O4S/c1-15(2)33-21-10-9-18(34(31,32)29-11-7-6-8-12-29)14-20(21)26-24(30)19-13-16(3)25-23-22(19)17(4)27-28(23)5/h9-10,13-15H,6-8,11-12H2,1-5H3,(H,26,30). The van der Waals surface area contributed by atoms with E-state index in [1.165, 1.54) is 16.4 Å². The first kappa shape index (κ1) is 24.2. The van der Waals surface area contributed by atoms with E-state index in [-0.39, 0.29) is 16.9 Å². The number of aryl methyl sites for hydroxylation is 3. The Morgan fingerprint density at radius 1 is 1.12 bits per heavy atom. The second-order valence-corrected chi connectivity index (χ2v) is 10.9. The number of benzene rings is 1. The molecule has 0 spiro atoms. The molecule has 0 atom stereocenters. The molecule has 1 amide bonds. The van der Waals surface area contributed by atoms with Gasteiger partial charge in [0.2, 0.25) is 10.0 Å². The molecule has 0 saturated carbocycles. The number of pyridine rings is 1. The zero-order chi connectivity index (χ0) is 24.6. The van der Waals surface area contributed by atoms with Gasteiger partial charge in [-0.05, 0) is 64.8 Å². The van der Waals surface area contributed by atoms with Crippen molar-refractivity contribution < 1.29 is 17.9 Å². The summed E-state index contributed by atoms with van der Waals surface area (Å²) in [6, 6.07) is 6.34. The third-order valence-electron chi connectivity index (χ3n) is 5.86. The van der Waals surface area contributed by atoms with Gasteiger partial charge in [0, 0.05) is 25.8 Å². The van der Waals surface area contributed by atoms with Crippen molar-refractivity contribution in [2.45, 2.75) is 58.0 Å². The predicted octanol–water partition coefficient (Wildman–Crippen LogP) is 3.80. The van der Waals surface area contributed by atoms with E-state index < -0.39 is 10.0 Å². The van der Waals surface area contributed by atoms with E-state index in [2.05, 4.69) is 15.4 Å². The Morgan fingerprint density at radius 3 is 2.50 bits per heavy atom. The van der Waals surface area contributed by atoms with Crippen LogP contribution in [-0.4, -0.2) is 52.6 Å². The average Bonchev–Trinajstić information content (AvgIpc) is 3.07. The van der Waals surface area contributed by atoms with Gasteiger partial charge in [0.25, 0.3) is 5.91 Å². The highest BCUT2D eigenvalue weighted by molar-refractivity contribution is 7.89.